The molecule has 0 saturated heterocycles. The molecule has 0 spiro atoms. The third-order valence-electron chi connectivity index (χ3n) is 4.29. The molecular weight excluding hydrogens is 315 g/mol. The minimum atomic E-state index is -3.75. The quantitative estimate of drug-likeness (QED) is 0.936. The summed E-state index contributed by atoms with van der Waals surface area (Å²) in [5, 5.41) is 8.33. The number of nitriles is 1. The third kappa shape index (κ3) is 2.42. The van der Waals surface area contributed by atoms with Gasteiger partial charge in [-0.1, -0.05) is 29.8 Å². The second-order valence-corrected chi connectivity index (χ2v) is 7.92. The fourth-order valence-corrected chi connectivity index (χ4v) is 5.12. The molecule has 23 heavy (non-hydrogen) atoms. The van der Waals surface area contributed by atoms with Gasteiger partial charge in [0.15, 0.2) is 9.84 Å². The molecule has 2 aromatic carbocycles. The molecule has 3 atom stereocenters. The van der Waals surface area contributed by atoms with Gasteiger partial charge < -0.3 is 5.73 Å². The standard InChI is InChI=1S/C17H15FN2O2S/c1-11-2-8-14(9-3-11)23(21,22)16-15(17(16,20)10-19)12-4-6-13(18)7-5-12/h2-9,15-16H,20H2,1H3/t15-,16+,17+/m1/s1. The predicted octanol–water partition coefficient (Wildman–Crippen LogP) is 2.29. The Hall–Kier alpha value is -2.23. The van der Waals surface area contributed by atoms with Gasteiger partial charge in [0, 0.05) is 5.92 Å². The number of nitrogens with two attached hydrogens (primary N) is 1. The molecule has 2 aromatic rings. The lowest BCUT2D eigenvalue weighted by molar-refractivity contribution is 0.592. The van der Waals surface area contributed by atoms with Crippen LogP contribution < -0.4 is 5.73 Å². The monoisotopic (exact) mass is 330 g/mol. The van der Waals surface area contributed by atoms with Gasteiger partial charge in [0.05, 0.1) is 11.0 Å². The molecule has 1 fully saturated rings. The van der Waals surface area contributed by atoms with E-state index in [2.05, 4.69) is 0 Å². The van der Waals surface area contributed by atoms with Gasteiger partial charge in [-0.3, -0.25) is 0 Å². The summed E-state index contributed by atoms with van der Waals surface area (Å²) < 4.78 is 38.7. The van der Waals surface area contributed by atoms with Crippen molar-refractivity contribution in [3.8, 4) is 6.07 Å². The highest BCUT2D eigenvalue weighted by atomic mass is 32.2. The van der Waals surface area contributed by atoms with E-state index in [-0.39, 0.29) is 4.90 Å². The van der Waals surface area contributed by atoms with E-state index in [1.807, 2.05) is 13.0 Å². The highest BCUT2D eigenvalue weighted by Gasteiger charge is 2.70. The Morgan fingerprint density at radius 3 is 2.22 bits per heavy atom. The number of aryl methyl sites for hydroxylation is 1. The zero-order chi connectivity index (χ0) is 16.8. The predicted molar refractivity (Wildman–Crippen MR) is 83.8 cm³/mol. The Morgan fingerprint density at radius 1 is 1.13 bits per heavy atom. The van der Waals surface area contributed by atoms with Crippen LogP contribution >= 0.6 is 0 Å². The first-order valence-electron chi connectivity index (χ1n) is 7.07. The summed E-state index contributed by atoms with van der Waals surface area (Å²) in [5.41, 5.74) is 6.02. The summed E-state index contributed by atoms with van der Waals surface area (Å²) in [6, 6.07) is 13.8. The topological polar surface area (TPSA) is 83.9 Å². The molecule has 0 aromatic heterocycles. The normalized spacial score (nSPS) is 26.5. The average Bonchev–Trinajstić information content (AvgIpc) is 3.16. The van der Waals surface area contributed by atoms with Gasteiger partial charge in [-0.2, -0.15) is 5.26 Å². The number of benzene rings is 2. The lowest BCUT2D eigenvalue weighted by Gasteiger charge is -2.05. The minimum absolute atomic E-state index is 0.141. The van der Waals surface area contributed by atoms with Gasteiger partial charge in [0.25, 0.3) is 0 Å². The molecule has 3 rings (SSSR count). The first kappa shape index (κ1) is 15.7. The van der Waals surface area contributed by atoms with Crippen molar-refractivity contribution in [2.24, 2.45) is 5.73 Å². The zero-order valence-electron chi connectivity index (χ0n) is 12.4. The van der Waals surface area contributed by atoms with Gasteiger partial charge >= 0.3 is 0 Å². The van der Waals surface area contributed by atoms with Crippen LogP contribution in [-0.2, 0) is 9.84 Å². The van der Waals surface area contributed by atoms with Crippen molar-refractivity contribution in [2.45, 2.75) is 28.5 Å². The number of hydrogen-bond acceptors (Lipinski definition) is 4. The summed E-state index contributed by atoms with van der Waals surface area (Å²) in [6.45, 7) is 1.86. The molecule has 118 valence electrons. The van der Waals surface area contributed by atoms with Crippen LogP contribution in [-0.4, -0.2) is 19.2 Å². The lowest BCUT2D eigenvalue weighted by Crippen LogP contribution is -2.29. The van der Waals surface area contributed by atoms with Crippen LogP contribution in [0.5, 0.6) is 0 Å². The van der Waals surface area contributed by atoms with Gasteiger partial charge in [-0.25, -0.2) is 12.8 Å². The fourth-order valence-electron chi connectivity index (χ4n) is 2.94. The largest absolute Gasteiger partial charge is 0.312 e. The maximum Gasteiger partial charge on any atom is 0.184 e. The third-order valence-corrected chi connectivity index (χ3v) is 6.55. The summed E-state index contributed by atoms with van der Waals surface area (Å²) >= 11 is 0. The average molecular weight is 330 g/mol. The number of hydrogen-bond donors (Lipinski definition) is 1. The second kappa shape index (κ2) is 5.15. The van der Waals surface area contributed by atoms with Crippen LogP contribution in [0.15, 0.2) is 53.4 Å². The lowest BCUT2D eigenvalue weighted by atomic mass is 10.1. The van der Waals surface area contributed by atoms with E-state index in [1.54, 1.807) is 12.1 Å². The molecule has 0 heterocycles. The van der Waals surface area contributed by atoms with Crippen molar-refractivity contribution >= 4 is 9.84 Å². The fraction of sp³-hybridized carbons (Fsp3) is 0.235. The molecule has 0 bridgehead atoms. The van der Waals surface area contributed by atoms with E-state index in [9.17, 15) is 18.1 Å². The molecule has 0 radical (unpaired) electrons. The van der Waals surface area contributed by atoms with Crippen LogP contribution in [0.4, 0.5) is 4.39 Å². The highest BCUT2D eigenvalue weighted by Crippen LogP contribution is 2.55. The van der Waals surface area contributed by atoms with Gasteiger partial charge in [0.1, 0.15) is 16.6 Å². The van der Waals surface area contributed by atoms with E-state index in [4.69, 9.17) is 5.73 Å². The van der Waals surface area contributed by atoms with Crippen molar-refractivity contribution in [2.75, 3.05) is 0 Å². The Morgan fingerprint density at radius 2 is 1.70 bits per heavy atom. The number of halogens is 1. The summed E-state index contributed by atoms with van der Waals surface area (Å²) in [7, 11) is -3.75. The van der Waals surface area contributed by atoms with E-state index in [1.165, 1.54) is 36.4 Å². The Balaban J connectivity index is 2.03. The van der Waals surface area contributed by atoms with Crippen LogP contribution in [0.1, 0.15) is 17.0 Å². The van der Waals surface area contributed by atoms with E-state index in [0.29, 0.717) is 5.56 Å². The minimum Gasteiger partial charge on any atom is -0.312 e. The molecule has 1 saturated carbocycles. The number of sulfone groups is 1. The van der Waals surface area contributed by atoms with E-state index in [0.717, 1.165) is 5.56 Å². The van der Waals surface area contributed by atoms with Gasteiger partial charge in [-0.15, -0.1) is 0 Å². The Bertz CT molecular complexity index is 886. The molecule has 0 amide bonds. The summed E-state index contributed by atoms with van der Waals surface area (Å²) in [4.78, 5) is 0.141. The van der Waals surface area contributed by atoms with Crippen LogP contribution in [0.2, 0.25) is 0 Å². The highest BCUT2D eigenvalue weighted by molar-refractivity contribution is 7.92. The first-order chi connectivity index (χ1) is 10.8. The van der Waals surface area contributed by atoms with Crippen molar-refractivity contribution in [3.63, 3.8) is 0 Å². The van der Waals surface area contributed by atoms with E-state index >= 15 is 0 Å². The Labute approximate surface area is 134 Å². The van der Waals surface area contributed by atoms with Crippen LogP contribution in [0.25, 0.3) is 0 Å². The SMILES string of the molecule is Cc1ccc(S(=O)(=O)[C@H]2[C@@H](c3ccc(F)cc3)[C@@]2(N)C#N)cc1. The molecule has 0 unspecified atom stereocenters. The van der Waals surface area contributed by atoms with Crippen molar-refractivity contribution in [1.82, 2.24) is 0 Å². The van der Waals surface area contributed by atoms with Gasteiger partial charge in [-0.05, 0) is 36.8 Å². The first-order valence-corrected chi connectivity index (χ1v) is 8.61. The molecule has 1 aliphatic rings. The van der Waals surface area contributed by atoms with E-state index < -0.39 is 32.4 Å². The van der Waals surface area contributed by atoms with Crippen molar-refractivity contribution < 1.29 is 12.8 Å². The van der Waals surface area contributed by atoms with Crippen molar-refractivity contribution in [1.29, 1.82) is 5.26 Å². The molecule has 0 aliphatic heterocycles. The zero-order valence-corrected chi connectivity index (χ0v) is 13.2. The molecule has 4 nitrogen and oxygen atoms in total. The second-order valence-electron chi connectivity index (χ2n) is 5.85. The molecule has 1 aliphatic carbocycles. The summed E-state index contributed by atoms with van der Waals surface area (Å²) in [6.07, 6.45) is 0. The van der Waals surface area contributed by atoms with Crippen LogP contribution in [0, 0.1) is 24.1 Å². The molecule has 2 N–H and O–H groups in total. The maximum absolute atomic E-state index is 13.1. The van der Waals surface area contributed by atoms with Crippen molar-refractivity contribution in [3.05, 3.63) is 65.5 Å². The molecular formula is C17H15FN2O2S. The number of rotatable bonds is 3. The number of nitrogens with zero attached hydrogens (tertiary/aromatic N) is 1. The Kier molecular flexibility index (Phi) is 3.51. The molecule has 6 heteroatoms. The smallest absolute Gasteiger partial charge is 0.184 e. The van der Waals surface area contributed by atoms with Gasteiger partial charge in [0.2, 0.25) is 0 Å². The summed E-state index contributed by atoms with van der Waals surface area (Å²) in [5.74, 6) is -1.09. The maximum atomic E-state index is 13.1. The van der Waals surface area contributed by atoms with Crippen LogP contribution in [0.3, 0.4) is 0 Å².